The Balaban J connectivity index is 1.66. The van der Waals surface area contributed by atoms with E-state index in [-0.39, 0.29) is 10.6 Å². The Bertz CT molecular complexity index is 873. The van der Waals surface area contributed by atoms with E-state index in [1.165, 1.54) is 11.6 Å². The second-order valence-corrected chi connectivity index (χ2v) is 6.59. The maximum Gasteiger partial charge on any atom is 0.311 e. The first-order valence-electron chi connectivity index (χ1n) is 7.93. The number of piperidine rings is 1. The number of rotatable bonds is 2. The molecule has 2 aromatic rings. The molecule has 3 rings (SSSR count). The Morgan fingerprint density at radius 2 is 2.04 bits per heavy atom. The van der Waals surface area contributed by atoms with Crippen LogP contribution < -0.4 is 4.90 Å². The molecule has 0 atom stereocenters. The van der Waals surface area contributed by atoms with E-state index in [0.29, 0.717) is 18.9 Å². The molecule has 0 unspecified atom stereocenters. The molecular weight excluding hydrogens is 382 g/mol. The van der Waals surface area contributed by atoms with Gasteiger partial charge in [-0.15, -0.1) is 0 Å². The number of pyridine rings is 1. The highest BCUT2D eigenvalue weighted by Gasteiger charge is 2.23. The van der Waals surface area contributed by atoms with Gasteiger partial charge in [0, 0.05) is 35.4 Å². The number of anilines is 1. The average Bonchev–Trinajstić information content (AvgIpc) is 2.62. The van der Waals surface area contributed by atoms with Crippen LogP contribution in [0.2, 0.25) is 0 Å². The van der Waals surface area contributed by atoms with Gasteiger partial charge in [0.15, 0.2) is 0 Å². The molecule has 25 heavy (non-hydrogen) atoms. The fourth-order valence-corrected chi connectivity index (χ4v) is 3.11. The van der Waals surface area contributed by atoms with Crippen LogP contribution in [-0.2, 0) is 0 Å². The Morgan fingerprint density at radius 3 is 2.76 bits per heavy atom. The first-order valence-corrected chi connectivity index (χ1v) is 8.72. The Hall–Kier alpha value is -2.65. The summed E-state index contributed by atoms with van der Waals surface area (Å²) < 4.78 is 1.01. The van der Waals surface area contributed by atoms with Gasteiger partial charge in [-0.1, -0.05) is 39.4 Å². The van der Waals surface area contributed by atoms with Crippen molar-refractivity contribution >= 4 is 27.4 Å². The van der Waals surface area contributed by atoms with Gasteiger partial charge in [-0.05, 0) is 43.2 Å². The molecule has 126 valence electrons. The van der Waals surface area contributed by atoms with Crippen molar-refractivity contribution in [3.8, 4) is 11.8 Å². The van der Waals surface area contributed by atoms with Crippen molar-refractivity contribution in [2.75, 3.05) is 18.0 Å². The summed E-state index contributed by atoms with van der Waals surface area (Å²) in [5.41, 5.74) is 2.29. The van der Waals surface area contributed by atoms with Crippen molar-refractivity contribution < 1.29 is 4.92 Å². The van der Waals surface area contributed by atoms with Crippen LogP contribution in [0.5, 0.6) is 0 Å². The predicted molar refractivity (Wildman–Crippen MR) is 101 cm³/mol. The number of allylic oxidation sites excluding steroid dienone is 1. The van der Waals surface area contributed by atoms with E-state index in [9.17, 15) is 10.1 Å². The number of hydrogen-bond acceptors (Lipinski definition) is 4. The summed E-state index contributed by atoms with van der Waals surface area (Å²) in [6, 6.07) is 11.0. The van der Waals surface area contributed by atoms with Crippen molar-refractivity contribution in [1.29, 1.82) is 0 Å². The van der Waals surface area contributed by atoms with E-state index in [4.69, 9.17) is 0 Å². The van der Waals surface area contributed by atoms with Gasteiger partial charge in [-0.2, -0.15) is 0 Å². The number of aromatic nitrogens is 1. The monoisotopic (exact) mass is 397 g/mol. The summed E-state index contributed by atoms with van der Waals surface area (Å²) in [5, 5.41) is 11.1. The molecule has 0 saturated carbocycles. The number of halogens is 1. The minimum atomic E-state index is -0.378. The van der Waals surface area contributed by atoms with Crippen LogP contribution in [0, 0.1) is 22.0 Å². The van der Waals surface area contributed by atoms with Gasteiger partial charge < -0.3 is 4.90 Å². The van der Waals surface area contributed by atoms with Crippen LogP contribution in [0.15, 0.2) is 58.7 Å². The van der Waals surface area contributed by atoms with Crippen LogP contribution in [0.1, 0.15) is 18.4 Å². The smallest absolute Gasteiger partial charge is 0.311 e. The van der Waals surface area contributed by atoms with E-state index in [1.54, 1.807) is 12.3 Å². The van der Waals surface area contributed by atoms with Gasteiger partial charge in [0.2, 0.25) is 5.82 Å². The molecule has 1 aliphatic rings. The standard InChI is InChI=1S/C19H16BrN3O2/c20-17-7-2-6-16(14-17)5-1-4-15-9-12-22(13-10-15)19-18(23(24)25)8-3-11-21-19/h2-4,6-8,11,14H,9-10,12-13H2. The fourth-order valence-electron chi connectivity index (χ4n) is 2.71. The van der Waals surface area contributed by atoms with Crippen LogP contribution in [0.3, 0.4) is 0 Å². The van der Waals surface area contributed by atoms with Crippen LogP contribution in [0.4, 0.5) is 11.5 Å². The molecule has 0 bridgehead atoms. The average molecular weight is 398 g/mol. The Labute approximate surface area is 154 Å². The zero-order chi connectivity index (χ0) is 17.6. The summed E-state index contributed by atoms with van der Waals surface area (Å²) in [6.45, 7) is 1.42. The van der Waals surface area contributed by atoms with Crippen molar-refractivity contribution in [3.05, 3.63) is 74.4 Å². The summed E-state index contributed by atoms with van der Waals surface area (Å²) in [4.78, 5) is 16.9. The van der Waals surface area contributed by atoms with Gasteiger partial charge in [-0.3, -0.25) is 10.1 Å². The molecule has 0 spiro atoms. The van der Waals surface area contributed by atoms with Crippen molar-refractivity contribution in [2.24, 2.45) is 0 Å². The predicted octanol–water partition coefficient (Wildman–Crippen LogP) is 4.33. The zero-order valence-corrected chi connectivity index (χ0v) is 15.1. The third-order valence-electron chi connectivity index (χ3n) is 3.99. The van der Waals surface area contributed by atoms with Crippen LogP contribution in [0.25, 0.3) is 0 Å². The molecule has 0 N–H and O–H groups in total. The molecule has 0 amide bonds. The normalized spacial score (nSPS) is 13.8. The molecule has 0 aliphatic carbocycles. The van der Waals surface area contributed by atoms with E-state index in [2.05, 4.69) is 32.8 Å². The molecule has 1 aromatic carbocycles. The lowest BCUT2D eigenvalue weighted by molar-refractivity contribution is -0.384. The lowest BCUT2D eigenvalue weighted by Gasteiger charge is -2.28. The summed E-state index contributed by atoms with van der Waals surface area (Å²) in [6.07, 6.45) is 5.23. The third kappa shape index (κ3) is 4.46. The van der Waals surface area contributed by atoms with Gasteiger partial charge in [-0.25, -0.2) is 4.98 Å². The lowest BCUT2D eigenvalue weighted by Crippen LogP contribution is -2.31. The highest BCUT2D eigenvalue weighted by atomic mass is 79.9. The highest BCUT2D eigenvalue weighted by Crippen LogP contribution is 2.28. The molecule has 2 heterocycles. The van der Waals surface area contributed by atoms with Crippen molar-refractivity contribution in [1.82, 2.24) is 4.98 Å². The first kappa shape index (κ1) is 17.2. The molecule has 1 aliphatic heterocycles. The van der Waals surface area contributed by atoms with Crippen LogP contribution >= 0.6 is 15.9 Å². The molecule has 5 nitrogen and oxygen atoms in total. The number of hydrogen-bond donors (Lipinski definition) is 0. The largest absolute Gasteiger partial charge is 0.350 e. The number of benzene rings is 1. The van der Waals surface area contributed by atoms with E-state index in [1.807, 2.05) is 35.2 Å². The highest BCUT2D eigenvalue weighted by molar-refractivity contribution is 9.10. The third-order valence-corrected chi connectivity index (χ3v) is 4.48. The lowest BCUT2D eigenvalue weighted by atomic mass is 10.0. The maximum atomic E-state index is 11.1. The molecular formula is C19H16BrN3O2. The second kappa shape index (κ2) is 7.95. The number of nitrogens with zero attached hydrogens (tertiary/aromatic N) is 3. The van der Waals surface area contributed by atoms with E-state index < -0.39 is 0 Å². The minimum absolute atomic E-state index is 0.0596. The quantitative estimate of drug-likeness (QED) is 0.429. The Kier molecular flexibility index (Phi) is 5.46. The van der Waals surface area contributed by atoms with E-state index >= 15 is 0 Å². The molecule has 1 fully saturated rings. The topological polar surface area (TPSA) is 59.3 Å². The summed E-state index contributed by atoms with van der Waals surface area (Å²) >= 11 is 3.43. The van der Waals surface area contributed by atoms with Crippen molar-refractivity contribution in [3.63, 3.8) is 0 Å². The van der Waals surface area contributed by atoms with Gasteiger partial charge >= 0.3 is 5.69 Å². The van der Waals surface area contributed by atoms with Gasteiger partial charge in [0.1, 0.15) is 0 Å². The van der Waals surface area contributed by atoms with Crippen molar-refractivity contribution in [2.45, 2.75) is 12.8 Å². The van der Waals surface area contributed by atoms with Gasteiger partial charge in [0.25, 0.3) is 0 Å². The Morgan fingerprint density at radius 1 is 1.24 bits per heavy atom. The minimum Gasteiger partial charge on any atom is -0.350 e. The SMILES string of the molecule is O=[N+]([O-])c1cccnc1N1CCC(=CC#Cc2cccc(Br)c2)CC1. The molecule has 6 heteroatoms. The van der Waals surface area contributed by atoms with Gasteiger partial charge in [0.05, 0.1) is 4.92 Å². The summed E-state index contributed by atoms with van der Waals surface area (Å²) in [5.74, 6) is 6.69. The first-order chi connectivity index (χ1) is 12.1. The molecule has 0 radical (unpaired) electrons. The molecule has 1 aromatic heterocycles. The number of nitro groups is 1. The maximum absolute atomic E-state index is 11.1. The second-order valence-electron chi connectivity index (χ2n) is 5.67. The summed E-state index contributed by atoms with van der Waals surface area (Å²) in [7, 11) is 0. The fraction of sp³-hybridized carbons (Fsp3) is 0.211. The zero-order valence-electron chi connectivity index (χ0n) is 13.5. The van der Waals surface area contributed by atoms with Crippen LogP contribution in [-0.4, -0.2) is 23.0 Å². The molecule has 1 saturated heterocycles. The van der Waals surface area contributed by atoms with E-state index in [0.717, 1.165) is 22.9 Å².